The fourth-order valence-electron chi connectivity index (χ4n) is 2.78. The summed E-state index contributed by atoms with van der Waals surface area (Å²) in [5, 5.41) is 3.45. The number of ether oxygens (including phenoxy) is 1. The van der Waals surface area contributed by atoms with Crippen molar-refractivity contribution in [2.24, 2.45) is 0 Å². The van der Waals surface area contributed by atoms with Gasteiger partial charge in [-0.15, -0.1) is 0 Å². The van der Waals surface area contributed by atoms with Gasteiger partial charge < -0.3 is 10.1 Å². The highest BCUT2D eigenvalue weighted by molar-refractivity contribution is 5.26. The standard InChI is InChI=1S/C16H27N3O/c1-11(2)17-9-7-14-12(3)18-15(19-13(14)4)16(5)8-6-10-20-16/h11,17H,6-10H2,1-5H3. The van der Waals surface area contributed by atoms with E-state index in [1.165, 1.54) is 5.56 Å². The van der Waals surface area contributed by atoms with Crippen LogP contribution in [0.3, 0.4) is 0 Å². The van der Waals surface area contributed by atoms with Crippen molar-refractivity contribution < 1.29 is 4.74 Å². The quantitative estimate of drug-likeness (QED) is 0.899. The summed E-state index contributed by atoms with van der Waals surface area (Å²) in [4.78, 5) is 9.44. The first-order valence-electron chi connectivity index (χ1n) is 7.64. The van der Waals surface area contributed by atoms with Crippen molar-refractivity contribution in [1.29, 1.82) is 0 Å². The molecule has 1 aromatic heterocycles. The van der Waals surface area contributed by atoms with E-state index in [1.54, 1.807) is 0 Å². The molecule has 1 fully saturated rings. The maximum atomic E-state index is 5.85. The van der Waals surface area contributed by atoms with Crippen molar-refractivity contribution in [1.82, 2.24) is 15.3 Å². The van der Waals surface area contributed by atoms with Crippen LogP contribution in [0.15, 0.2) is 0 Å². The summed E-state index contributed by atoms with van der Waals surface area (Å²) in [5.74, 6) is 0.852. The van der Waals surface area contributed by atoms with Gasteiger partial charge in [-0.25, -0.2) is 9.97 Å². The maximum absolute atomic E-state index is 5.85. The second kappa shape index (κ2) is 6.19. The SMILES string of the molecule is Cc1nc(C2(C)CCCO2)nc(C)c1CCNC(C)C. The third-order valence-electron chi connectivity index (χ3n) is 4.04. The van der Waals surface area contributed by atoms with Gasteiger partial charge in [-0.05, 0) is 52.1 Å². The summed E-state index contributed by atoms with van der Waals surface area (Å²) in [6.07, 6.45) is 3.09. The van der Waals surface area contributed by atoms with E-state index < -0.39 is 0 Å². The Labute approximate surface area is 122 Å². The van der Waals surface area contributed by atoms with Crippen LogP contribution in [0.5, 0.6) is 0 Å². The Morgan fingerprint density at radius 3 is 2.40 bits per heavy atom. The number of hydrogen-bond acceptors (Lipinski definition) is 4. The van der Waals surface area contributed by atoms with Gasteiger partial charge in [0.05, 0.1) is 0 Å². The van der Waals surface area contributed by atoms with E-state index in [4.69, 9.17) is 14.7 Å². The van der Waals surface area contributed by atoms with E-state index in [9.17, 15) is 0 Å². The molecule has 0 radical (unpaired) electrons. The Morgan fingerprint density at radius 1 is 1.25 bits per heavy atom. The fraction of sp³-hybridized carbons (Fsp3) is 0.750. The van der Waals surface area contributed by atoms with Crippen LogP contribution in [0, 0.1) is 13.8 Å². The molecule has 2 rings (SSSR count). The Morgan fingerprint density at radius 2 is 1.90 bits per heavy atom. The zero-order valence-electron chi connectivity index (χ0n) is 13.4. The zero-order valence-corrected chi connectivity index (χ0v) is 13.4. The first-order valence-corrected chi connectivity index (χ1v) is 7.64. The van der Waals surface area contributed by atoms with Crippen molar-refractivity contribution in [3.05, 3.63) is 22.8 Å². The largest absolute Gasteiger partial charge is 0.367 e. The van der Waals surface area contributed by atoms with Gasteiger partial charge in [-0.3, -0.25) is 0 Å². The molecule has 4 nitrogen and oxygen atoms in total. The molecule has 0 aliphatic carbocycles. The van der Waals surface area contributed by atoms with Crippen LogP contribution in [0.4, 0.5) is 0 Å². The molecule has 1 saturated heterocycles. The van der Waals surface area contributed by atoms with Crippen LogP contribution in [0.2, 0.25) is 0 Å². The number of nitrogens with one attached hydrogen (secondary N) is 1. The van der Waals surface area contributed by atoms with Crippen molar-refractivity contribution >= 4 is 0 Å². The lowest BCUT2D eigenvalue weighted by atomic mass is 10.0. The van der Waals surface area contributed by atoms with Crippen LogP contribution >= 0.6 is 0 Å². The van der Waals surface area contributed by atoms with Crippen LogP contribution in [0.25, 0.3) is 0 Å². The smallest absolute Gasteiger partial charge is 0.160 e. The molecule has 1 aromatic rings. The van der Waals surface area contributed by atoms with Gasteiger partial charge in [-0.2, -0.15) is 0 Å². The minimum atomic E-state index is -0.287. The van der Waals surface area contributed by atoms with Crippen molar-refractivity contribution in [3.63, 3.8) is 0 Å². The van der Waals surface area contributed by atoms with Gasteiger partial charge in [0.15, 0.2) is 5.82 Å². The normalized spacial score (nSPS) is 22.7. The summed E-state index contributed by atoms with van der Waals surface area (Å²) in [7, 11) is 0. The molecule has 1 N–H and O–H groups in total. The Hall–Kier alpha value is -1.00. The molecule has 1 atom stereocenters. The molecule has 20 heavy (non-hydrogen) atoms. The molecule has 0 spiro atoms. The molecule has 0 amide bonds. The van der Waals surface area contributed by atoms with E-state index >= 15 is 0 Å². The molecule has 0 aromatic carbocycles. The number of aryl methyl sites for hydroxylation is 2. The van der Waals surface area contributed by atoms with E-state index in [2.05, 4.69) is 39.9 Å². The predicted octanol–water partition coefficient (Wildman–Crippen LogP) is 2.66. The van der Waals surface area contributed by atoms with Gasteiger partial charge in [0, 0.05) is 24.0 Å². The van der Waals surface area contributed by atoms with Crippen molar-refractivity contribution in [3.8, 4) is 0 Å². The first kappa shape index (κ1) is 15.4. The molecule has 4 heteroatoms. The molecule has 0 bridgehead atoms. The molecule has 112 valence electrons. The molecule has 1 aliphatic rings. The van der Waals surface area contributed by atoms with E-state index in [1.807, 2.05) is 0 Å². The number of rotatable bonds is 5. The monoisotopic (exact) mass is 277 g/mol. The van der Waals surface area contributed by atoms with Crippen LogP contribution in [0.1, 0.15) is 56.4 Å². The molecule has 0 saturated carbocycles. The van der Waals surface area contributed by atoms with Crippen LogP contribution < -0.4 is 5.32 Å². The summed E-state index contributed by atoms with van der Waals surface area (Å²) in [6, 6.07) is 0.515. The summed E-state index contributed by atoms with van der Waals surface area (Å²) >= 11 is 0. The highest BCUT2D eigenvalue weighted by Crippen LogP contribution is 2.34. The number of nitrogens with zero attached hydrogens (tertiary/aromatic N) is 2. The van der Waals surface area contributed by atoms with Crippen LogP contribution in [-0.2, 0) is 16.8 Å². The molecule has 1 aliphatic heterocycles. The van der Waals surface area contributed by atoms with Gasteiger partial charge in [-0.1, -0.05) is 13.8 Å². The summed E-state index contributed by atoms with van der Waals surface area (Å²) < 4.78 is 5.85. The topological polar surface area (TPSA) is 47.0 Å². The minimum Gasteiger partial charge on any atom is -0.367 e. The van der Waals surface area contributed by atoms with Gasteiger partial charge >= 0.3 is 0 Å². The van der Waals surface area contributed by atoms with E-state index in [0.717, 1.165) is 49.6 Å². The highest BCUT2D eigenvalue weighted by Gasteiger charge is 2.35. The van der Waals surface area contributed by atoms with E-state index in [0.29, 0.717) is 6.04 Å². The molecular weight excluding hydrogens is 250 g/mol. The van der Waals surface area contributed by atoms with Gasteiger partial charge in [0.1, 0.15) is 5.60 Å². The maximum Gasteiger partial charge on any atom is 0.160 e. The molecular formula is C16H27N3O. The second-order valence-electron chi connectivity index (χ2n) is 6.24. The average Bonchev–Trinajstić information content (AvgIpc) is 2.80. The van der Waals surface area contributed by atoms with Crippen molar-refractivity contribution in [2.75, 3.05) is 13.2 Å². The Balaban J connectivity index is 2.16. The Bertz CT molecular complexity index is 442. The van der Waals surface area contributed by atoms with Gasteiger partial charge in [0.25, 0.3) is 0 Å². The number of aromatic nitrogens is 2. The number of hydrogen-bond donors (Lipinski definition) is 1. The fourth-order valence-corrected chi connectivity index (χ4v) is 2.78. The van der Waals surface area contributed by atoms with Gasteiger partial charge in [0.2, 0.25) is 0 Å². The average molecular weight is 277 g/mol. The second-order valence-corrected chi connectivity index (χ2v) is 6.24. The third kappa shape index (κ3) is 3.36. The molecule has 1 unspecified atom stereocenters. The summed E-state index contributed by atoms with van der Waals surface area (Å²) in [5.41, 5.74) is 3.16. The molecule has 2 heterocycles. The summed E-state index contributed by atoms with van der Waals surface area (Å²) in [6.45, 7) is 12.4. The Kier molecular flexibility index (Phi) is 4.76. The van der Waals surface area contributed by atoms with Crippen LogP contribution in [-0.4, -0.2) is 29.2 Å². The first-order chi connectivity index (χ1) is 9.42. The minimum absolute atomic E-state index is 0.287. The van der Waals surface area contributed by atoms with E-state index in [-0.39, 0.29) is 5.60 Å². The zero-order chi connectivity index (χ0) is 14.8. The predicted molar refractivity (Wildman–Crippen MR) is 80.9 cm³/mol. The third-order valence-corrected chi connectivity index (χ3v) is 4.04. The lowest BCUT2D eigenvalue weighted by molar-refractivity contribution is 0.00902. The highest BCUT2D eigenvalue weighted by atomic mass is 16.5. The lowest BCUT2D eigenvalue weighted by Crippen LogP contribution is -2.27. The van der Waals surface area contributed by atoms with Crippen molar-refractivity contribution in [2.45, 2.75) is 65.5 Å². The lowest BCUT2D eigenvalue weighted by Gasteiger charge is -2.23.